The van der Waals surface area contributed by atoms with Crippen LogP contribution < -0.4 is 5.32 Å². The highest BCUT2D eigenvalue weighted by Crippen LogP contribution is 2.29. The topological polar surface area (TPSA) is 59.8 Å². The minimum Gasteiger partial charge on any atom is -0.352 e. The zero-order valence-corrected chi connectivity index (χ0v) is 16.4. The highest BCUT2D eigenvalue weighted by Gasteiger charge is 2.10. The summed E-state index contributed by atoms with van der Waals surface area (Å²) in [5, 5.41) is 10.4. The minimum absolute atomic E-state index is 0.107. The van der Waals surface area contributed by atoms with E-state index >= 15 is 0 Å². The molecule has 1 N–H and O–H groups in total. The second kappa shape index (κ2) is 7.85. The molecule has 4 aromatic rings. The van der Waals surface area contributed by atoms with Crippen molar-refractivity contribution in [2.75, 3.05) is 6.54 Å². The van der Waals surface area contributed by atoms with Crippen LogP contribution in [0.1, 0.15) is 20.2 Å². The molecule has 7 heteroatoms. The quantitative estimate of drug-likeness (QED) is 0.529. The van der Waals surface area contributed by atoms with Crippen LogP contribution in [-0.4, -0.2) is 27.2 Å². The van der Waals surface area contributed by atoms with Gasteiger partial charge in [0.15, 0.2) is 0 Å². The molecule has 0 atom stereocenters. The average Bonchev–Trinajstić information content (AvgIpc) is 3.43. The monoisotopic (exact) mass is 394 g/mol. The van der Waals surface area contributed by atoms with E-state index in [0.717, 1.165) is 22.8 Å². The van der Waals surface area contributed by atoms with Gasteiger partial charge in [-0.2, -0.15) is 5.10 Å². The molecule has 0 radical (unpaired) electrons. The summed E-state index contributed by atoms with van der Waals surface area (Å²) < 4.78 is 1.70. The fraction of sp³-hybridized carbons (Fsp3) is 0.150. The molecular formula is C20H18N4OS2. The Morgan fingerprint density at radius 2 is 2.04 bits per heavy atom. The van der Waals surface area contributed by atoms with Gasteiger partial charge in [-0.05, 0) is 37.6 Å². The number of amides is 1. The third kappa shape index (κ3) is 4.15. The van der Waals surface area contributed by atoms with E-state index in [0.29, 0.717) is 12.1 Å². The number of para-hydroxylation sites is 1. The minimum atomic E-state index is -0.107. The van der Waals surface area contributed by atoms with Crippen LogP contribution in [-0.2, 0) is 6.42 Å². The number of benzene rings is 1. The number of thiazole rings is 1. The van der Waals surface area contributed by atoms with Crippen molar-refractivity contribution >= 4 is 28.6 Å². The van der Waals surface area contributed by atoms with Gasteiger partial charge in [-0.3, -0.25) is 4.79 Å². The molecule has 0 spiro atoms. The van der Waals surface area contributed by atoms with Crippen molar-refractivity contribution in [3.63, 3.8) is 0 Å². The van der Waals surface area contributed by atoms with Gasteiger partial charge in [0.2, 0.25) is 0 Å². The van der Waals surface area contributed by atoms with Crippen molar-refractivity contribution in [1.82, 2.24) is 20.1 Å². The number of nitrogens with one attached hydrogen (secondary N) is 1. The number of rotatable bonds is 6. The van der Waals surface area contributed by atoms with Crippen LogP contribution in [0.2, 0.25) is 0 Å². The number of aromatic nitrogens is 3. The maximum Gasteiger partial charge on any atom is 0.254 e. The number of carbonyl (C=O) groups is 1. The lowest BCUT2D eigenvalue weighted by Gasteiger charge is -2.02. The zero-order chi connectivity index (χ0) is 18.6. The number of carbonyl (C=O) groups excluding carboxylic acids is 1. The first-order valence-corrected chi connectivity index (χ1v) is 10.3. The van der Waals surface area contributed by atoms with Crippen LogP contribution in [0.25, 0.3) is 16.3 Å². The molecule has 4 rings (SSSR count). The molecule has 1 aromatic carbocycles. The summed E-state index contributed by atoms with van der Waals surface area (Å²) in [6.07, 6.45) is 4.14. The summed E-state index contributed by atoms with van der Waals surface area (Å²) in [7, 11) is 0. The lowest BCUT2D eigenvalue weighted by molar-refractivity contribution is 0.0954. The zero-order valence-electron chi connectivity index (χ0n) is 14.8. The summed E-state index contributed by atoms with van der Waals surface area (Å²) >= 11 is 3.38. The van der Waals surface area contributed by atoms with E-state index in [4.69, 9.17) is 0 Å². The number of hydrogen-bond acceptors (Lipinski definition) is 5. The van der Waals surface area contributed by atoms with Crippen molar-refractivity contribution in [1.29, 1.82) is 0 Å². The molecule has 0 saturated carbocycles. The van der Waals surface area contributed by atoms with E-state index in [9.17, 15) is 4.79 Å². The largest absolute Gasteiger partial charge is 0.352 e. The van der Waals surface area contributed by atoms with Crippen molar-refractivity contribution < 1.29 is 4.79 Å². The van der Waals surface area contributed by atoms with E-state index < -0.39 is 0 Å². The Hall–Kier alpha value is -2.77. The molecule has 3 aromatic heterocycles. The Morgan fingerprint density at radius 1 is 1.19 bits per heavy atom. The van der Waals surface area contributed by atoms with Crippen LogP contribution in [0.4, 0.5) is 0 Å². The lowest BCUT2D eigenvalue weighted by Crippen LogP contribution is -2.25. The summed E-state index contributed by atoms with van der Waals surface area (Å²) in [6.45, 7) is 2.60. The molecule has 0 saturated heterocycles. The highest BCUT2D eigenvalue weighted by molar-refractivity contribution is 7.16. The van der Waals surface area contributed by atoms with Crippen molar-refractivity contribution in [3.8, 4) is 16.3 Å². The van der Waals surface area contributed by atoms with Gasteiger partial charge in [-0.15, -0.1) is 22.7 Å². The van der Waals surface area contributed by atoms with Gasteiger partial charge in [0.05, 0.1) is 33.0 Å². The van der Waals surface area contributed by atoms with Crippen LogP contribution >= 0.6 is 22.7 Å². The lowest BCUT2D eigenvalue weighted by atomic mass is 10.3. The average molecular weight is 395 g/mol. The third-order valence-electron chi connectivity index (χ3n) is 4.06. The smallest absolute Gasteiger partial charge is 0.254 e. The molecule has 136 valence electrons. The Balaban J connectivity index is 1.32. The van der Waals surface area contributed by atoms with Gasteiger partial charge < -0.3 is 5.32 Å². The van der Waals surface area contributed by atoms with Crippen LogP contribution in [0.5, 0.6) is 0 Å². The molecule has 0 aliphatic heterocycles. The van der Waals surface area contributed by atoms with Crippen molar-refractivity contribution in [3.05, 3.63) is 75.7 Å². The maximum atomic E-state index is 12.3. The molecule has 27 heavy (non-hydrogen) atoms. The van der Waals surface area contributed by atoms with Crippen molar-refractivity contribution in [2.24, 2.45) is 0 Å². The third-order valence-corrected chi connectivity index (χ3v) is 6.00. The molecule has 0 unspecified atom stereocenters. The second-order valence-corrected chi connectivity index (χ2v) is 8.26. The van der Waals surface area contributed by atoms with Gasteiger partial charge >= 0.3 is 0 Å². The summed E-state index contributed by atoms with van der Waals surface area (Å²) in [4.78, 5) is 19.3. The number of hydrogen-bond donors (Lipinski definition) is 1. The fourth-order valence-corrected chi connectivity index (χ4v) is 4.35. The Kier molecular flexibility index (Phi) is 5.13. The molecule has 0 bridgehead atoms. The molecule has 1 amide bonds. The van der Waals surface area contributed by atoms with E-state index in [2.05, 4.69) is 32.9 Å². The van der Waals surface area contributed by atoms with Gasteiger partial charge in [0, 0.05) is 23.0 Å². The molecule has 0 aliphatic carbocycles. The number of thiophene rings is 1. The predicted octanol–water partition coefficient (Wildman–Crippen LogP) is 4.34. The van der Waals surface area contributed by atoms with Gasteiger partial charge in [0.1, 0.15) is 0 Å². The molecule has 0 aliphatic rings. The van der Waals surface area contributed by atoms with E-state index in [1.165, 1.54) is 9.75 Å². The maximum absolute atomic E-state index is 12.3. The van der Waals surface area contributed by atoms with Gasteiger partial charge in [0.25, 0.3) is 5.91 Å². The van der Waals surface area contributed by atoms with E-state index in [1.807, 2.05) is 37.3 Å². The van der Waals surface area contributed by atoms with Gasteiger partial charge in [-0.25, -0.2) is 9.67 Å². The first-order valence-electron chi connectivity index (χ1n) is 8.58. The van der Waals surface area contributed by atoms with E-state index in [-0.39, 0.29) is 5.91 Å². The van der Waals surface area contributed by atoms with Crippen molar-refractivity contribution in [2.45, 2.75) is 13.3 Å². The Bertz CT molecular complexity index is 1050. The summed E-state index contributed by atoms with van der Waals surface area (Å²) in [6, 6.07) is 13.9. The summed E-state index contributed by atoms with van der Waals surface area (Å²) in [5.74, 6) is -0.107. The predicted molar refractivity (Wildman–Crippen MR) is 110 cm³/mol. The van der Waals surface area contributed by atoms with Crippen LogP contribution in [0.15, 0.2) is 60.2 Å². The molecule has 0 fully saturated rings. The van der Waals surface area contributed by atoms with Crippen LogP contribution in [0.3, 0.4) is 0 Å². The van der Waals surface area contributed by atoms with Crippen LogP contribution in [0, 0.1) is 6.92 Å². The highest BCUT2D eigenvalue weighted by atomic mass is 32.1. The molecular weight excluding hydrogens is 376 g/mol. The normalized spacial score (nSPS) is 10.9. The Morgan fingerprint density at radius 3 is 2.81 bits per heavy atom. The molecule has 3 heterocycles. The fourth-order valence-electron chi connectivity index (χ4n) is 2.69. The standard InChI is InChI=1S/C20H18N4OS2/c1-14-23-18(13-26-14)19-8-7-17(27-19)9-10-21-20(25)15-11-22-24(12-15)16-5-3-2-4-6-16/h2-8,11-13H,9-10H2,1H3,(H,21,25). The summed E-state index contributed by atoms with van der Waals surface area (Å²) in [5.41, 5.74) is 2.52. The first-order chi connectivity index (χ1) is 13.2. The van der Waals surface area contributed by atoms with Gasteiger partial charge in [-0.1, -0.05) is 18.2 Å². The SMILES string of the molecule is Cc1nc(-c2ccc(CCNC(=O)c3cnn(-c4ccccc4)c3)s2)cs1. The Labute approximate surface area is 165 Å². The second-order valence-electron chi connectivity index (χ2n) is 6.03. The first kappa shape index (κ1) is 17.6. The number of nitrogens with zero attached hydrogens (tertiary/aromatic N) is 3. The number of aryl methyl sites for hydroxylation is 1. The van der Waals surface area contributed by atoms with E-state index in [1.54, 1.807) is 39.7 Å². The molecule has 5 nitrogen and oxygen atoms in total.